The third kappa shape index (κ3) is 3.87. The number of aromatic amines is 1. The summed E-state index contributed by atoms with van der Waals surface area (Å²) in [6.45, 7) is 3.94. The molecule has 2 N–H and O–H groups in total. The molecule has 0 aliphatic rings. The average Bonchev–Trinajstić information content (AvgIpc) is 2.80. The number of hydrogen-bond donors (Lipinski definition) is 2. The van der Waals surface area contributed by atoms with Crippen molar-refractivity contribution in [2.24, 2.45) is 0 Å². The van der Waals surface area contributed by atoms with Crippen LogP contribution in [0.3, 0.4) is 0 Å². The van der Waals surface area contributed by atoms with Gasteiger partial charge in [0, 0.05) is 20.7 Å². The van der Waals surface area contributed by atoms with E-state index in [2.05, 4.69) is 46.8 Å². The summed E-state index contributed by atoms with van der Waals surface area (Å²) in [5.74, 6) is 0.294. The summed E-state index contributed by atoms with van der Waals surface area (Å²) in [4.78, 5) is 0.167. The van der Waals surface area contributed by atoms with E-state index in [4.69, 9.17) is 0 Å². The number of aromatic nitrogens is 2. The first-order valence-corrected chi connectivity index (χ1v) is 9.43. The van der Waals surface area contributed by atoms with E-state index in [1.54, 1.807) is 18.2 Å². The van der Waals surface area contributed by atoms with Crippen LogP contribution in [0.1, 0.15) is 24.6 Å². The van der Waals surface area contributed by atoms with Crippen molar-refractivity contribution in [1.29, 1.82) is 0 Å². The largest absolute Gasteiger partial charge is 0.280 e. The van der Waals surface area contributed by atoms with Crippen molar-refractivity contribution in [1.82, 2.24) is 10.2 Å². The van der Waals surface area contributed by atoms with Gasteiger partial charge in [0.05, 0.1) is 0 Å². The maximum absolute atomic E-state index is 12.4. The third-order valence-corrected chi connectivity index (χ3v) is 6.06. The fraction of sp³-hybridized carbons (Fsp3) is 0.308. The minimum absolute atomic E-state index is 0.167. The summed E-state index contributed by atoms with van der Waals surface area (Å²) in [7, 11) is -3.69. The van der Waals surface area contributed by atoms with Crippen molar-refractivity contribution in [3.8, 4) is 0 Å². The second-order valence-electron chi connectivity index (χ2n) is 4.67. The van der Waals surface area contributed by atoms with Crippen molar-refractivity contribution >= 4 is 47.7 Å². The third-order valence-electron chi connectivity index (χ3n) is 2.89. The van der Waals surface area contributed by atoms with E-state index in [1.165, 1.54) is 0 Å². The van der Waals surface area contributed by atoms with E-state index in [9.17, 15) is 8.42 Å². The molecule has 0 spiro atoms. The lowest BCUT2D eigenvalue weighted by Crippen LogP contribution is -2.14. The molecule has 5 nitrogen and oxygen atoms in total. The number of sulfonamides is 1. The molecule has 2 rings (SSSR count). The molecule has 0 radical (unpaired) electrons. The maximum atomic E-state index is 12.4. The molecule has 2 aromatic rings. The van der Waals surface area contributed by atoms with Gasteiger partial charge in [-0.3, -0.25) is 9.82 Å². The molecule has 1 heterocycles. The highest BCUT2D eigenvalue weighted by molar-refractivity contribution is 9.11. The molecule has 21 heavy (non-hydrogen) atoms. The van der Waals surface area contributed by atoms with Crippen LogP contribution >= 0.6 is 31.9 Å². The van der Waals surface area contributed by atoms with Gasteiger partial charge in [-0.25, -0.2) is 8.42 Å². The Morgan fingerprint density at radius 1 is 1.24 bits per heavy atom. The molecule has 0 atom stereocenters. The highest BCUT2D eigenvalue weighted by atomic mass is 79.9. The number of anilines is 1. The Kier molecular flexibility index (Phi) is 5.11. The molecule has 0 saturated heterocycles. The van der Waals surface area contributed by atoms with E-state index in [1.807, 2.05) is 13.8 Å². The average molecular weight is 437 g/mol. The van der Waals surface area contributed by atoms with Gasteiger partial charge in [-0.15, -0.1) is 0 Å². The first-order chi connectivity index (χ1) is 9.83. The molecular formula is C13H15Br2N3O2S. The quantitative estimate of drug-likeness (QED) is 0.743. The van der Waals surface area contributed by atoms with Crippen LogP contribution in [0, 0.1) is 6.92 Å². The van der Waals surface area contributed by atoms with Crippen LogP contribution in [-0.2, 0) is 16.4 Å². The molecule has 0 fully saturated rings. The van der Waals surface area contributed by atoms with E-state index in [-0.39, 0.29) is 4.90 Å². The van der Waals surface area contributed by atoms with Gasteiger partial charge in [-0.1, -0.05) is 29.3 Å². The van der Waals surface area contributed by atoms with Gasteiger partial charge in [0.15, 0.2) is 5.82 Å². The number of rotatable bonds is 5. The minimum Gasteiger partial charge on any atom is -0.280 e. The molecule has 114 valence electrons. The molecule has 0 bridgehead atoms. The predicted octanol–water partition coefficient (Wildman–Crippen LogP) is 4.00. The van der Waals surface area contributed by atoms with Crippen LogP contribution < -0.4 is 4.72 Å². The van der Waals surface area contributed by atoms with Gasteiger partial charge >= 0.3 is 0 Å². The van der Waals surface area contributed by atoms with E-state index >= 15 is 0 Å². The molecule has 0 unspecified atom stereocenters. The second kappa shape index (κ2) is 6.50. The van der Waals surface area contributed by atoms with Crippen LogP contribution in [0.15, 0.2) is 32.0 Å². The lowest BCUT2D eigenvalue weighted by Gasteiger charge is -2.09. The van der Waals surface area contributed by atoms with Crippen LogP contribution in [0.2, 0.25) is 0 Å². The Morgan fingerprint density at radius 2 is 1.95 bits per heavy atom. The number of halogens is 2. The van der Waals surface area contributed by atoms with Gasteiger partial charge in [0.1, 0.15) is 4.90 Å². The normalized spacial score (nSPS) is 11.6. The van der Waals surface area contributed by atoms with Gasteiger partial charge in [-0.2, -0.15) is 5.10 Å². The smallest absolute Gasteiger partial charge is 0.264 e. The molecule has 8 heteroatoms. The SMILES string of the molecule is CCCc1cc(NS(=O)(=O)c2cc(Br)c(C)cc2Br)n[nH]1. The van der Waals surface area contributed by atoms with Gasteiger partial charge in [0.2, 0.25) is 0 Å². The molecule has 0 amide bonds. The molecule has 0 saturated carbocycles. The highest BCUT2D eigenvalue weighted by Crippen LogP contribution is 2.29. The summed E-state index contributed by atoms with van der Waals surface area (Å²) in [5, 5.41) is 6.79. The molecule has 1 aromatic heterocycles. The van der Waals surface area contributed by atoms with Crippen molar-refractivity contribution in [3.05, 3.63) is 38.4 Å². The van der Waals surface area contributed by atoms with E-state index in [0.717, 1.165) is 28.6 Å². The van der Waals surface area contributed by atoms with Crippen molar-refractivity contribution in [3.63, 3.8) is 0 Å². The number of H-pyrrole nitrogens is 1. The van der Waals surface area contributed by atoms with E-state index < -0.39 is 10.0 Å². The van der Waals surface area contributed by atoms with Gasteiger partial charge < -0.3 is 0 Å². The Labute approximate surface area is 140 Å². The maximum Gasteiger partial charge on any atom is 0.264 e. The fourth-order valence-electron chi connectivity index (χ4n) is 1.84. The Bertz CT molecular complexity index is 757. The number of nitrogens with zero attached hydrogens (tertiary/aromatic N) is 1. The van der Waals surface area contributed by atoms with Crippen LogP contribution in [-0.4, -0.2) is 18.6 Å². The minimum atomic E-state index is -3.69. The van der Waals surface area contributed by atoms with E-state index in [0.29, 0.717) is 10.3 Å². The highest BCUT2D eigenvalue weighted by Gasteiger charge is 2.20. The van der Waals surface area contributed by atoms with Crippen molar-refractivity contribution < 1.29 is 8.42 Å². The Morgan fingerprint density at radius 3 is 2.62 bits per heavy atom. The summed E-state index contributed by atoms with van der Waals surface area (Å²) in [6, 6.07) is 5.03. The molecule has 0 aliphatic heterocycles. The summed E-state index contributed by atoms with van der Waals surface area (Å²) in [6.07, 6.45) is 1.79. The predicted molar refractivity (Wildman–Crippen MR) is 90.0 cm³/mol. The number of hydrogen-bond acceptors (Lipinski definition) is 3. The van der Waals surface area contributed by atoms with Crippen LogP contribution in [0.25, 0.3) is 0 Å². The lowest BCUT2D eigenvalue weighted by atomic mass is 10.2. The number of benzene rings is 1. The molecule has 0 aliphatic carbocycles. The standard InChI is InChI=1S/C13H15Br2N3O2S/c1-3-4-9-6-13(17-16-9)18-21(19,20)12-7-10(14)8(2)5-11(12)15/h5-7H,3-4H2,1-2H3,(H2,16,17,18). The topological polar surface area (TPSA) is 74.8 Å². The van der Waals surface area contributed by atoms with Crippen LogP contribution in [0.5, 0.6) is 0 Å². The number of nitrogens with one attached hydrogen (secondary N) is 2. The fourth-order valence-corrected chi connectivity index (χ4v) is 4.51. The van der Waals surface area contributed by atoms with Gasteiger partial charge in [-0.05, 0) is 47.0 Å². The summed E-state index contributed by atoms with van der Waals surface area (Å²) >= 11 is 6.64. The molecular weight excluding hydrogens is 422 g/mol. The van der Waals surface area contributed by atoms with Crippen molar-refractivity contribution in [2.45, 2.75) is 31.6 Å². The summed E-state index contributed by atoms with van der Waals surface area (Å²) < 4.78 is 28.6. The van der Waals surface area contributed by atoms with Crippen molar-refractivity contribution in [2.75, 3.05) is 4.72 Å². The number of aryl methyl sites for hydroxylation is 2. The monoisotopic (exact) mass is 435 g/mol. The Balaban J connectivity index is 2.31. The summed E-state index contributed by atoms with van der Waals surface area (Å²) in [5.41, 5.74) is 1.85. The zero-order chi connectivity index (χ0) is 15.6. The molecule has 1 aromatic carbocycles. The lowest BCUT2D eigenvalue weighted by molar-refractivity contribution is 0.600. The van der Waals surface area contributed by atoms with Crippen LogP contribution in [0.4, 0.5) is 5.82 Å². The zero-order valence-corrected chi connectivity index (χ0v) is 15.6. The first kappa shape index (κ1) is 16.5. The zero-order valence-electron chi connectivity index (χ0n) is 11.6. The second-order valence-corrected chi connectivity index (χ2v) is 8.03. The first-order valence-electron chi connectivity index (χ1n) is 6.36. The Hall–Kier alpha value is -0.860. The van der Waals surface area contributed by atoms with Gasteiger partial charge in [0.25, 0.3) is 10.0 Å².